The molecule has 1 aromatic rings. The number of amides is 1. The van der Waals surface area contributed by atoms with Gasteiger partial charge in [0.25, 0.3) is 0 Å². The van der Waals surface area contributed by atoms with Crippen LogP contribution in [0.2, 0.25) is 0 Å². The summed E-state index contributed by atoms with van der Waals surface area (Å²) in [7, 11) is 0. The lowest BCUT2D eigenvalue weighted by molar-refractivity contribution is -0.0691. The molecule has 1 fully saturated rings. The van der Waals surface area contributed by atoms with Gasteiger partial charge in [-0.05, 0) is 20.8 Å². The van der Waals surface area contributed by atoms with E-state index in [1.54, 1.807) is 22.4 Å². The number of aromatic nitrogens is 1. The fraction of sp³-hybridized carbons (Fsp3) is 0.667. The van der Waals surface area contributed by atoms with Crippen LogP contribution in [0.25, 0.3) is 0 Å². The van der Waals surface area contributed by atoms with Crippen molar-refractivity contribution in [3.05, 3.63) is 16.6 Å². The van der Waals surface area contributed by atoms with E-state index in [4.69, 9.17) is 9.47 Å². The topological polar surface area (TPSA) is 51.7 Å². The van der Waals surface area contributed by atoms with Crippen molar-refractivity contribution < 1.29 is 14.3 Å². The van der Waals surface area contributed by atoms with Crippen molar-refractivity contribution in [2.75, 3.05) is 13.1 Å². The molecule has 100 valence electrons. The summed E-state index contributed by atoms with van der Waals surface area (Å²) in [6.07, 6.45) is 1.59. The van der Waals surface area contributed by atoms with Crippen LogP contribution in [0, 0.1) is 0 Å². The van der Waals surface area contributed by atoms with Crippen LogP contribution in [0.1, 0.15) is 25.8 Å². The summed E-state index contributed by atoms with van der Waals surface area (Å²) in [6.45, 7) is 7.30. The maximum Gasteiger partial charge on any atom is 0.410 e. The van der Waals surface area contributed by atoms with Gasteiger partial charge in [-0.3, -0.25) is 0 Å². The molecule has 2 rings (SSSR count). The SMILES string of the molecule is CC(C)(C)OC(=O)N1CC(OCc2nccs2)C1. The fourth-order valence-electron chi connectivity index (χ4n) is 1.53. The van der Waals surface area contributed by atoms with Gasteiger partial charge >= 0.3 is 6.09 Å². The van der Waals surface area contributed by atoms with Crippen LogP contribution in [0.5, 0.6) is 0 Å². The summed E-state index contributed by atoms with van der Waals surface area (Å²) in [4.78, 5) is 17.4. The Hall–Kier alpha value is -1.14. The molecule has 0 aromatic carbocycles. The molecule has 1 aliphatic heterocycles. The lowest BCUT2D eigenvalue weighted by Crippen LogP contribution is -2.55. The normalized spacial score (nSPS) is 16.5. The van der Waals surface area contributed by atoms with E-state index in [-0.39, 0.29) is 12.2 Å². The standard InChI is InChI=1S/C12H18N2O3S/c1-12(2,3)17-11(15)14-6-9(7-14)16-8-10-13-4-5-18-10/h4-5,9H,6-8H2,1-3H3. The Morgan fingerprint density at radius 2 is 2.28 bits per heavy atom. The zero-order valence-electron chi connectivity index (χ0n) is 10.9. The van der Waals surface area contributed by atoms with E-state index in [0.717, 1.165) is 5.01 Å². The Balaban J connectivity index is 1.66. The summed E-state index contributed by atoms with van der Waals surface area (Å²) in [5, 5.41) is 2.89. The first-order valence-electron chi connectivity index (χ1n) is 5.92. The third-order valence-electron chi connectivity index (χ3n) is 2.43. The minimum atomic E-state index is -0.441. The summed E-state index contributed by atoms with van der Waals surface area (Å²) >= 11 is 1.57. The smallest absolute Gasteiger partial charge is 0.410 e. The molecule has 0 radical (unpaired) electrons. The van der Waals surface area contributed by atoms with E-state index >= 15 is 0 Å². The van der Waals surface area contributed by atoms with Gasteiger partial charge in [-0.25, -0.2) is 9.78 Å². The van der Waals surface area contributed by atoms with Gasteiger partial charge in [0.2, 0.25) is 0 Å². The molecule has 5 nitrogen and oxygen atoms in total. The molecule has 0 atom stereocenters. The first-order valence-corrected chi connectivity index (χ1v) is 6.80. The van der Waals surface area contributed by atoms with Gasteiger partial charge in [0.15, 0.2) is 0 Å². The lowest BCUT2D eigenvalue weighted by Gasteiger charge is -2.39. The molecule has 1 amide bonds. The van der Waals surface area contributed by atoms with Crippen LogP contribution >= 0.6 is 11.3 Å². The Morgan fingerprint density at radius 3 is 2.83 bits per heavy atom. The van der Waals surface area contributed by atoms with Gasteiger partial charge in [-0.2, -0.15) is 0 Å². The monoisotopic (exact) mass is 270 g/mol. The average molecular weight is 270 g/mol. The van der Waals surface area contributed by atoms with Crippen LogP contribution in [-0.2, 0) is 16.1 Å². The molecule has 2 heterocycles. The van der Waals surface area contributed by atoms with Crippen molar-refractivity contribution in [2.24, 2.45) is 0 Å². The maximum absolute atomic E-state index is 11.7. The first-order chi connectivity index (χ1) is 8.44. The maximum atomic E-state index is 11.7. The Bertz CT molecular complexity index is 394. The number of thiazole rings is 1. The van der Waals surface area contributed by atoms with Crippen LogP contribution in [0.3, 0.4) is 0 Å². The van der Waals surface area contributed by atoms with Gasteiger partial charge < -0.3 is 14.4 Å². The van der Waals surface area contributed by atoms with E-state index in [1.807, 2.05) is 26.2 Å². The number of hydrogen-bond donors (Lipinski definition) is 0. The predicted molar refractivity (Wildman–Crippen MR) is 68.5 cm³/mol. The van der Waals surface area contributed by atoms with Crippen molar-refractivity contribution in [1.29, 1.82) is 0 Å². The van der Waals surface area contributed by atoms with Crippen molar-refractivity contribution in [1.82, 2.24) is 9.88 Å². The largest absolute Gasteiger partial charge is 0.444 e. The molecule has 0 spiro atoms. The Kier molecular flexibility index (Phi) is 3.87. The predicted octanol–water partition coefficient (Wildman–Crippen LogP) is 2.28. The lowest BCUT2D eigenvalue weighted by atomic mass is 10.2. The molecule has 1 saturated heterocycles. The third kappa shape index (κ3) is 3.68. The molecule has 0 bridgehead atoms. The van der Waals surface area contributed by atoms with Gasteiger partial charge in [0.05, 0.1) is 25.8 Å². The van der Waals surface area contributed by atoms with Crippen LogP contribution in [-0.4, -0.2) is 40.8 Å². The highest BCUT2D eigenvalue weighted by atomic mass is 32.1. The van der Waals surface area contributed by atoms with E-state index < -0.39 is 5.60 Å². The number of nitrogens with zero attached hydrogens (tertiary/aromatic N) is 2. The molecule has 6 heteroatoms. The van der Waals surface area contributed by atoms with Crippen molar-refractivity contribution >= 4 is 17.4 Å². The zero-order valence-corrected chi connectivity index (χ0v) is 11.7. The van der Waals surface area contributed by atoms with Crippen molar-refractivity contribution in [2.45, 2.75) is 39.1 Å². The second-order valence-corrected chi connectivity index (χ2v) is 6.22. The first kappa shape index (κ1) is 13.3. The second kappa shape index (κ2) is 5.24. The fourth-order valence-corrected chi connectivity index (χ4v) is 2.07. The van der Waals surface area contributed by atoms with Gasteiger partial charge in [-0.1, -0.05) is 0 Å². The average Bonchev–Trinajstić information content (AvgIpc) is 2.64. The zero-order chi connectivity index (χ0) is 13.2. The molecular weight excluding hydrogens is 252 g/mol. The summed E-state index contributed by atoms with van der Waals surface area (Å²) < 4.78 is 10.9. The molecule has 18 heavy (non-hydrogen) atoms. The Morgan fingerprint density at radius 1 is 1.56 bits per heavy atom. The molecule has 0 saturated carbocycles. The molecule has 0 unspecified atom stereocenters. The molecule has 1 aromatic heterocycles. The van der Waals surface area contributed by atoms with E-state index in [9.17, 15) is 4.79 Å². The van der Waals surface area contributed by atoms with E-state index in [0.29, 0.717) is 19.7 Å². The van der Waals surface area contributed by atoms with Crippen LogP contribution < -0.4 is 0 Å². The highest BCUT2D eigenvalue weighted by Gasteiger charge is 2.34. The number of hydrogen-bond acceptors (Lipinski definition) is 5. The van der Waals surface area contributed by atoms with Crippen LogP contribution in [0.15, 0.2) is 11.6 Å². The summed E-state index contributed by atoms with van der Waals surface area (Å²) in [5.74, 6) is 0. The molecular formula is C12H18N2O3S. The van der Waals surface area contributed by atoms with Crippen molar-refractivity contribution in [3.8, 4) is 0 Å². The second-order valence-electron chi connectivity index (χ2n) is 5.24. The number of carbonyl (C=O) groups is 1. The number of ether oxygens (including phenoxy) is 2. The van der Waals surface area contributed by atoms with Gasteiger partial charge in [0, 0.05) is 11.6 Å². The van der Waals surface area contributed by atoms with Gasteiger partial charge in [0.1, 0.15) is 10.6 Å². The third-order valence-corrected chi connectivity index (χ3v) is 3.18. The highest BCUT2D eigenvalue weighted by Crippen LogP contribution is 2.18. The van der Waals surface area contributed by atoms with Crippen molar-refractivity contribution in [3.63, 3.8) is 0 Å². The Labute approximate surface area is 111 Å². The van der Waals surface area contributed by atoms with E-state index in [1.165, 1.54) is 0 Å². The highest BCUT2D eigenvalue weighted by molar-refractivity contribution is 7.09. The quantitative estimate of drug-likeness (QED) is 0.845. The summed E-state index contributed by atoms with van der Waals surface area (Å²) in [6, 6.07) is 0. The molecule has 0 N–H and O–H groups in total. The minimum absolute atomic E-state index is 0.0985. The van der Waals surface area contributed by atoms with E-state index in [2.05, 4.69) is 4.98 Å². The molecule has 0 aliphatic carbocycles. The number of rotatable bonds is 3. The minimum Gasteiger partial charge on any atom is -0.444 e. The number of carbonyl (C=O) groups excluding carboxylic acids is 1. The summed E-state index contributed by atoms with van der Waals surface area (Å²) in [5.41, 5.74) is -0.441. The van der Waals surface area contributed by atoms with Crippen LogP contribution in [0.4, 0.5) is 4.79 Å². The molecule has 1 aliphatic rings. The van der Waals surface area contributed by atoms with Gasteiger partial charge in [-0.15, -0.1) is 11.3 Å². The number of likely N-dealkylation sites (tertiary alicyclic amines) is 1.